The van der Waals surface area contributed by atoms with E-state index in [2.05, 4.69) is 0 Å². The molecule has 0 bridgehead atoms. The number of primary sulfonamides is 1. The lowest BCUT2D eigenvalue weighted by atomic mass is 9.95. The molecule has 1 heterocycles. The second-order valence-corrected chi connectivity index (χ2v) is 9.62. The molecule has 4 rings (SSSR count). The predicted molar refractivity (Wildman–Crippen MR) is 125 cm³/mol. The number of carbonyl (C=O) groups excluding carboxylic acids is 2. The molecule has 168 valence electrons. The van der Waals surface area contributed by atoms with Crippen LogP contribution >= 0.6 is 11.6 Å². The second-order valence-electron chi connectivity index (χ2n) is 7.63. The van der Waals surface area contributed by atoms with Crippen molar-refractivity contribution in [2.24, 2.45) is 5.14 Å². The first-order valence-electron chi connectivity index (χ1n) is 9.84. The summed E-state index contributed by atoms with van der Waals surface area (Å²) in [6.07, 6.45) is 0. The molecule has 0 aliphatic carbocycles. The first-order valence-corrected chi connectivity index (χ1v) is 11.8. The minimum absolute atomic E-state index is 0.0818. The van der Waals surface area contributed by atoms with E-state index in [0.29, 0.717) is 16.1 Å². The number of anilines is 1. The third kappa shape index (κ3) is 4.28. The van der Waals surface area contributed by atoms with Crippen molar-refractivity contribution in [2.45, 2.75) is 17.9 Å². The van der Waals surface area contributed by atoms with Gasteiger partial charge < -0.3 is 5.11 Å². The molecule has 0 spiro atoms. The molecule has 1 amide bonds. The van der Waals surface area contributed by atoms with Crippen LogP contribution in [0.2, 0.25) is 5.02 Å². The first-order chi connectivity index (χ1) is 15.6. The number of aliphatic hydroxyl groups excluding tert-OH is 1. The number of aryl methyl sites for hydroxylation is 1. The van der Waals surface area contributed by atoms with Gasteiger partial charge in [-0.3, -0.25) is 14.5 Å². The number of Topliss-reactive ketones (excluding diaryl/α,β-unsaturated/α-hetero) is 1. The molecule has 1 aliphatic heterocycles. The topological polar surface area (TPSA) is 118 Å². The van der Waals surface area contributed by atoms with Crippen LogP contribution in [0, 0.1) is 6.92 Å². The number of hydrogen-bond acceptors (Lipinski definition) is 5. The number of benzene rings is 3. The lowest BCUT2D eigenvalue weighted by Crippen LogP contribution is -2.29. The summed E-state index contributed by atoms with van der Waals surface area (Å²) in [6, 6.07) is 17.8. The lowest BCUT2D eigenvalue weighted by Gasteiger charge is -2.25. The Balaban J connectivity index is 1.91. The van der Waals surface area contributed by atoms with Crippen molar-refractivity contribution >= 4 is 44.8 Å². The number of ketones is 1. The van der Waals surface area contributed by atoms with Crippen LogP contribution in [0.5, 0.6) is 0 Å². The van der Waals surface area contributed by atoms with Gasteiger partial charge in [0.25, 0.3) is 11.7 Å². The van der Waals surface area contributed by atoms with Gasteiger partial charge in [-0.1, -0.05) is 53.6 Å². The minimum atomic E-state index is -3.94. The van der Waals surface area contributed by atoms with Crippen LogP contribution in [0.25, 0.3) is 5.76 Å². The van der Waals surface area contributed by atoms with Crippen LogP contribution in [0.15, 0.2) is 83.3 Å². The number of halogens is 1. The summed E-state index contributed by atoms with van der Waals surface area (Å²) in [6.45, 7) is 1.89. The van der Waals surface area contributed by atoms with Crippen molar-refractivity contribution in [1.82, 2.24) is 0 Å². The van der Waals surface area contributed by atoms with Gasteiger partial charge in [0.05, 0.1) is 16.5 Å². The number of nitrogens with zero attached hydrogens (tertiary/aromatic N) is 1. The molecule has 3 aromatic rings. The molecule has 1 atom stereocenters. The zero-order valence-corrected chi connectivity index (χ0v) is 19.0. The maximum Gasteiger partial charge on any atom is 0.300 e. The monoisotopic (exact) mass is 482 g/mol. The SMILES string of the molecule is Cc1ccc(/C(O)=C2\C(=O)C(=O)N(c3ccc(S(N)(=O)=O)cc3)C2c2ccc(Cl)cc2)cc1. The highest BCUT2D eigenvalue weighted by Crippen LogP contribution is 2.42. The summed E-state index contributed by atoms with van der Waals surface area (Å²) in [4.78, 5) is 27.3. The predicted octanol–water partition coefficient (Wildman–Crippen LogP) is 3.92. The fourth-order valence-electron chi connectivity index (χ4n) is 3.72. The zero-order chi connectivity index (χ0) is 23.9. The van der Waals surface area contributed by atoms with E-state index in [9.17, 15) is 23.1 Å². The Morgan fingerprint density at radius 2 is 1.52 bits per heavy atom. The molecular formula is C24H19ClN2O5S. The van der Waals surface area contributed by atoms with E-state index in [1.807, 2.05) is 6.92 Å². The van der Waals surface area contributed by atoms with E-state index >= 15 is 0 Å². The van der Waals surface area contributed by atoms with E-state index in [-0.39, 0.29) is 21.9 Å². The fraction of sp³-hybridized carbons (Fsp3) is 0.0833. The van der Waals surface area contributed by atoms with Gasteiger partial charge >= 0.3 is 0 Å². The lowest BCUT2D eigenvalue weighted by molar-refractivity contribution is -0.132. The van der Waals surface area contributed by atoms with Gasteiger partial charge in [0.1, 0.15) is 5.76 Å². The highest BCUT2D eigenvalue weighted by molar-refractivity contribution is 7.89. The second kappa shape index (κ2) is 8.47. The van der Waals surface area contributed by atoms with E-state index in [1.54, 1.807) is 48.5 Å². The summed E-state index contributed by atoms with van der Waals surface area (Å²) in [5.74, 6) is -2.02. The number of amides is 1. The Labute approximate surface area is 195 Å². The standard InChI is InChI=1S/C24H19ClN2O5S/c1-14-2-4-16(5-3-14)22(28)20-21(15-6-8-17(25)9-7-15)27(24(30)23(20)29)18-10-12-19(13-11-18)33(26,31)32/h2-13,21,28H,1H3,(H2,26,31,32)/b22-20+. The Morgan fingerprint density at radius 1 is 0.939 bits per heavy atom. The van der Waals surface area contributed by atoms with Gasteiger partial charge in [-0.2, -0.15) is 0 Å². The highest BCUT2D eigenvalue weighted by atomic mass is 35.5. The minimum Gasteiger partial charge on any atom is -0.507 e. The zero-order valence-electron chi connectivity index (χ0n) is 17.4. The molecule has 0 aromatic heterocycles. The van der Waals surface area contributed by atoms with Crippen molar-refractivity contribution in [3.8, 4) is 0 Å². The molecule has 0 saturated carbocycles. The normalized spacial score (nSPS) is 18.0. The molecule has 1 saturated heterocycles. The van der Waals surface area contributed by atoms with Crippen LogP contribution in [0.1, 0.15) is 22.7 Å². The van der Waals surface area contributed by atoms with E-state index in [0.717, 1.165) is 5.56 Å². The summed E-state index contributed by atoms with van der Waals surface area (Å²) in [7, 11) is -3.94. The van der Waals surface area contributed by atoms with Gasteiger partial charge in [0.2, 0.25) is 10.0 Å². The summed E-state index contributed by atoms with van der Waals surface area (Å²) in [5.41, 5.74) is 2.09. The largest absolute Gasteiger partial charge is 0.507 e. The Kier molecular flexibility index (Phi) is 5.84. The number of carbonyl (C=O) groups is 2. The number of sulfonamides is 1. The smallest absolute Gasteiger partial charge is 0.300 e. The molecule has 0 radical (unpaired) electrons. The van der Waals surface area contributed by atoms with Crippen LogP contribution < -0.4 is 10.0 Å². The average molecular weight is 483 g/mol. The number of hydrogen-bond donors (Lipinski definition) is 2. The van der Waals surface area contributed by atoms with Crippen molar-refractivity contribution in [1.29, 1.82) is 0 Å². The van der Waals surface area contributed by atoms with Gasteiger partial charge in [-0.25, -0.2) is 13.6 Å². The molecule has 9 heteroatoms. The van der Waals surface area contributed by atoms with Crippen molar-refractivity contribution in [2.75, 3.05) is 4.90 Å². The van der Waals surface area contributed by atoms with E-state index < -0.39 is 27.8 Å². The van der Waals surface area contributed by atoms with Crippen LogP contribution in [-0.2, 0) is 19.6 Å². The van der Waals surface area contributed by atoms with Crippen LogP contribution in [0.3, 0.4) is 0 Å². The molecule has 1 fully saturated rings. The fourth-order valence-corrected chi connectivity index (χ4v) is 4.36. The van der Waals surface area contributed by atoms with Crippen LogP contribution in [-0.4, -0.2) is 25.2 Å². The molecule has 3 aromatic carbocycles. The van der Waals surface area contributed by atoms with E-state index in [1.165, 1.54) is 29.2 Å². The molecule has 7 nitrogen and oxygen atoms in total. The summed E-state index contributed by atoms with van der Waals surface area (Å²) >= 11 is 6.02. The molecule has 3 N–H and O–H groups in total. The van der Waals surface area contributed by atoms with Gasteiger partial charge in [0, 0.05) is 16.3 Å². The van der Waals surface area contributed by atoms with Crippen LogP contribution in [0.4, 0.5) is 5.69 Å². The quantitative estimate of drug-likeness (QED) is 0.332. The Morgan fingerprint density at radius 3 is 2.06 bits per heavy atom. The highest BCUT2D eigenvalue weighted by Gasteiger charge is 2.47. The molecular weight excluding hydrogens is 464 g/mol. The third-order valence-electron chi connectivity index (χ3n) is 5.40. The van der Waals surface area contributed by atoms with Gasteiger partial charge in [-0.15, -0.1) is 0 Å². The number of nitrogens with two attached hydrogens (primary N) is 1. The van der Waals surface area contributed by atoms with E-state index in [4.69, 9.17) is 16.7 Å². The molecule has 1 aliphatic rings. The van der Waals surface area contributed by atoms with Crippen molar-refractivity contribution in [3.05, 3.63) is 100 Å². The van der Waals surface area contributed by atoms with Crippen molar-refractivity contribution < 1.29 is 23.1 Å². The maximum absolute atomic E-state index is 13.1. The van der Waals surface area contributed by atoms with Crippen molar-refractivity contribution in [3.63, 3.8) is 0 Å². The molecule has 33 heavy (non-hydrogen) atoms. The third-order valence-corrected chi connectivity index (χ3v) is 6.58. The molecule has 1 unspecified atom stereocenters. The number of aliphatic hydroxyl groups is 1. The Hall–Kier alpha value is -3.46. The first kappa shape index (κ1) is 22.7. The number of rotatable bonds is 4. The summed E-state index contributed by atoms with van der Waals surface area (Å²) < 4.78 is 23.2. The van der Waals surface area contributed by atoms with Gasteiger partial charge in [-0.05, 0) is 48.9 Å². The maximum atomic E-state index is 13.1. The Bertz CT molecular complexity index is 1380. The average Bonchev–Trinajstić information content (AvgIpc) is 3.04. The van der Waals surface area contributed by atoms with Gasteiger partial charge in [0.15, 0.2) is 0 Å². The summed E-state index contributed by atoms with van der Waals surface area (Å²) in [5, 5.41) is 16.7.